The summed E-state index contributed by atoms with van der Waals surface area (Å²) >= 11 is 0. The Balaban J connectivity index is 1.93. The van der Waals surface area contributed by atoms with Crippen LogP contribution in [0.5, 0.6) is 0 Å². The highest BCUT2D eigenvalue weighted by Gasteiger charge is 2.26. The van der Waals surface area contributed by atoms with Gasteiger partial charge in [-0.25, -0.2) is 9.97 Å². The van der Waals surface area contributed by atoms with Gasteiger partial charge in [-0.05, 0) is 18.9 Å². The van der Waals surface area contributed by atoms with Gasteiger partial charge in [0, 0.05) is 45.5 Å². The molecular weight excluding hydrogens is 216 g/mol. The molecule has 17 heavy (non-hydrogen) atoms. The maximum Gasteiger partial charge on any atom is 0.225 e. The van der Waals surface area contributed by atoms with Crippen molar-refractivity contribution in [3.63, 3.8) is 0 Å². The average molecular weight is 234 g/mol. The molecule has 1 saturated heterocycles. The van der Waals surface area contributed by atoms with Gasteiger partial charge in [0.25, 0.3) is 0 Å². The first-order valence-electron chi connectivity index (χ1n) is 5.91. The van der Waals surface area contributed by atoms with Gasteiger partial charge >= 0.3 is 0 Å². The van der Waals surface area contributed by atoms with Crippen LogP contribution >= 0.6 is 0 Å². The fraction of sp³-hybridized carbons (Fsp3) is 0.583. The predicted molar refractivity (Wildman–Crippen MR) is 65.7 cm³/mol. The standard InChI is InChI=1S/C12H18N4O/c1-15(2)11(17)10-4-8-16(9-5-10)12-13-6-3-7-14-12/h3,6-7,10H,4-5,8-9H2,1-2H3. The van der Waals surface area contributed by atoms with Crippen LogP contribution in [-0.2, 0) is 4.79 Å². The van der Waals surface area contributed by atoms with E-state index in [-0.39, 0.29) is 11.8 Å². The molecule has 1 aliphatic heterocycles. The maximum atomic E-state index is 11.8. The van der Waals surface area contributed by atoms with Crippen molar-refractivity contribution in [1.29, 1.82) is 0 Å². The van der Waals surface area contributed by atoms with Crippen molar-refractivity contribution < 1.29 is 4.79 Å². The molecule has 0 bridgehead atoms. The third kappa shape index (κ3) is 2.72. The molecular formula is C12H18N4O. The molecule has 0 unspecified atom stereocenters. The van der Waals surface area contributed by atoms with E-state index in [0.29, 0.717) is 0 Å². The Morgan fingerprint density at radius 1 is 1.29 bits per heavy atom. The lowest BCUT2D eigenvalue weighted by Gasteiger charge is -2.32. The zero-order valence-corrected chi connectivity index (χ0v) is 10.3. The fourth-order valence-corrected chi connectivity index (χ4v) is 2.15. The summed E-state index contributed by atoms with van der Waals surface area (Å²) in [6.45, 7) is 1.71. The average Bonchev–Trinajstić information content (AvgIpc) is 2.39. The molecule has 92 valence electrons. The van der Waals surface area contributed by atoms with E-state index in [4.69, 9.17) is 0 Å². The Bertz CT molecular complexity index is 371. The lowest BCUT2D eigenvalue weighted by Crippen LogP contribution is -2.40. The predicted octanol–water partition coefficient (Wildman–Crippen LogP) is 0.781. The molecule has 1 aromatic heterocycles. The summed E-state index contributed by atoms with van der Waals surface area (Å²) < 4.78 is 0. The molecule has 2 rings (SSSR count). The number of aromatic nitrogens is 2. The summed E-state index contributed by atoms with van der Waals surface area (Å²) in [7, 11) is 3.63. The molecule has 5 heteroatoms. The lowest BCUT2D eigenvalue weighted by molar-refractivity contribution is -0.133. The zero-order chi connectivity index (χ0) is 12.3. The molecule has 0 saturated carbocycles. The van der Waals surface area contributed by atoms with E-state index in [1.54, 1.807) is 17.3 Å². The van der Waals surface area contributed by atoms with Crippen LogP contribution in [0.1, 0.15) is 12.8 Å². The van der Waals surface area contributed by atoms with Gasteiger partial charge in [-0.15, -0.1) is 0 Å². The topological polar surface area (TPSA) is 49.3 Å². The third-order valence-corrected chi connectivity index (χ3v) is 3.12. The van der Waals surface area contributed by atoms with Crippen LogP contribution in [-0.4, -0.2) is 48.0 Å². The van der Waals surface area contributed by atoms with Gasteiger partial charge in [0.2, 0.25) is 11.9 Å². The van der Waals surface area contributed by atoms with Gasteiger partial charge in [0.05, 0.1) is 0 Å². The molecule has 1 aromatic rings. The normalized spacial score (nSPS) is 16.9. The summed E-state index contributed by atoms with van der Waals surface area (Å²) in [5.41, 5.74) is 0. The van der Waals surface area contributed by atoms with E-state index < -0.39 is 0 Å². The molecule has 0 spiro atoms. The van der Waals surface area contributed by atoms with Gasteiger partial charge in [-0.1, -0.05) is 0 Å². The van der Waals surface area contributed by atoms with Gasteiger partial charge in [0.1, 0.15) is 0 Å². The monoisotopic (exact) mass is 234 g/mol. The Morgan fingerprint density at radius 3 is 2.41 bits per heavy atom. The van der Waals surface area contributed by atoms with Crippen molar-refractivity contribution in [1.82, 2.24) is 14.9 Å². The summed E-state index contributed by atoms with van der Waals surface area (Å²) in [6, 6.07) is 1.81. The van der Waals surface area contributed by atoms with Crippen molar-refractivity contribution in [3.05, 3.63) is 18.5 Å². The van der Waals surface area contributed by atoms with Crippen molar-refractivity contribution in [2.24, 2.45) is 5.92 Å². The van der Waals surface area contributed by atoms with Crippen LogP contribution in [0.4, 0.5) is 5.95 Å². The van der Waals surface area contributed by atoms with E-state index in [2.05, 4.69) is 14.9 Å². The minimum absolute atomic E-state index is 0.157. The molecule has 2 heterocycles. The Labute approximate surface area is 101 Å². The summed E-state index contributed by atoms with van der Waals surface area (Å²) in [5.74, 6) is 1.16. The van der Waals surface area contributed by atoms with Crippen molar-refractivity contribution in [3.8, 4) is 0 Å². The van der Waals surface area contributed by atoms with Crippen LogP contribution in [0.15, 0.2) is 18.5 Å². The van der Waals surface area contributed by atoms with E-state index in [1.165, 1.54) is 0 Å². The molecule has 1 fully saturated rings. The highest BCUT2D eigenvalue weighted by Crippen LogP contribution is 2.21. The number of nitrogens with zero attached hydrogens (tertiary/aromatic N) is 4. The third-order valence-electron chi connectivity index (χ3n) is 3.12. The Kier molecular flexibility index (Phi) is 3.56. The van der Waals surface area contributed by atoms with Crippen LogP contribution in [0, 0.1) is 5.92 Å². The second-order valence-corrected chi connectivity index (χ2v) is 4.54. The van der Waals surface area contributed by atoms with Crippen molar-refractivity contribution >= 4 is 11.9 Å². The zero-order valence-electron chi connectivity index (χ0n) is 10.3. The first-order valence-corrected chi connectivity index (χ1v) is 5.91. The lowest BCUT2D eigenvalue weighted by atomic mass is 9.96. The minimum atomic E-state index is 0.157. The van der Waals surface area contributed by atoms with E-state index in [1.807, 2.05) is 20.2 Å². The maximum absolute atomic E-state index is 11.8. The van der Waals surface area contributed by atoms with Crippen LogP contribution in [0.25, 0.3) is 0 Å². The molecule has 0 atom stereocenters. The van der Waals surface area contributed by atoms with E-state index in [9.17, 15) is 4.79 Å². The van der Waals surface area contributed by atoms with Crippen molar-refractivity contribution in [2.75, 3.05) is 32.1 Å². The summed E-state index contributed by atoms with van der Waals surface area (Å²) in [4.78, 5) is 24.1. The molecule has 5 nitrogen and oxygen atoms in total. The Hall–Kier alpha value is -1.65. The molecule has 1 aliphatic rings. The fourth-order valence-electron chi connectivity index (χ4n) is 2.15. The molecule has 0 N–H and O–H groups in total. The number of amides is 1. The van der Waals surface area contributed by atoms with E-state index >= 15 is 0 Å². The largest absolute Gasteiger partial charge is 0.349 e. The van der Waals surface area contributed by atoms with Crippen molar-refractivity contribution in [2.45, 2.75) is 12.8 Å². The summed E-state index contributed by atoms with van der Waals surface area (Å²) in [5, 5.41) is 0. The summed E-state index contributed by atoms with van der Waals surface area (Å²) in [6.07, 6.45) is 5.27. The van der Waals surface area contributed by atoms with Gasteiger partial charge in [0.15, 0.2) is 0 Å². The number of carbonyl (C=O) groups is 1. The quantitative estimate of drug-likeness (QED) is 0.759. The molecule has 1 amide bonds. The number of carbonyl (C=O) groups excluding carboxylic acids is 1. The number of hydrogen-bond acceptors (Lipinski definition) is 4. The number of hydrogen-bond donors (Lipinski definition) is 0. The van der Waals surface area contributed by atoms with Crippen LogP contribution in [0.2, 0.25) is 0 Å². The number of piperidine rings is 1. The van der Waals surface area contributed by atoms with E-state index in [0.717, 1.165) is 31.9 Å². The minimum Gasteiger partial charge on any atom is -0.349 e. The van der Waals surface area contributed by atoms with Crippen LogP contribution in [0.3, 0.4) is 0 Å². The first-order chi connectivity index (χ1) is 8.18. The smallest absolute Gasteiger partial charge is 0.225 e. The number of anilines is 1. The second kappa shape index (κ2) is 5.12. The van der Waals surface area contributed by atoms with Gasteiger partial charge in [-0.3, -0.25) is 4.79 Å². The van der Waals surface area contributed by atoms with Gasteiger partial charge < -0.3 is 9.80 Å². The van der Waals surface area contributed by atoms with Gasteiger partial charge in [-0.2, -0.15) is 0 Å². The molecule has 0 aromatic carbocycles. The molecule has 0 radical (unpaired) electrons. The number of rotatable bonds is 2. The van der Waals surface area contributed by atoms with Crippen LogP contribution < -0.4 is 4.90 Å². The second-order valence-electron chi connectivity index (χ2n) is 4.54. The Morgan fingerprint density at radius 2 is 1.88 bits per heavy atom. The highest BCUT2D eigenvalue weighted by atomic mass is 16.2. The highest BCUT2D eigenvalue weighted by molar-refractivity contribution is 5.78. The molecule has 0 aliphatic carbocycles. The SMILES string of the molecule is CN(C)C(=O)C1CCN(c2ncccn2)CC1. The first kappa shape index (κ1) is 11.8.